The summed E-state index contributed by atoms with van der Waals surface area (Å²) in [7, 11) is 0. The third kappa shape index (κ3) is 2.72. The summed E-state index contributed by atoms with van der Waals surface area (Å²) >= 11 is 6.16. The largest absolute Gasteiger partial charge is 0.456 e. The third-order valence-electron chi connectivity index (χ3n) is 4.99. The zero-order valence-electron chi connectivity index (χ0n) is 12.9. The Hall–Kier alpha value is -0.990. The van der Waals surface area contributed by atoms with Gasteiger partial charge in [0.2, 0.25) is 0 Å². The number of fused-ring (bicyclic) bond motifs is 1. The standard InChI is InChI=1S/C18H23ClO2/c1-17(2,3)13-7-9-18(20,10-8-13)15-11-12-5-4-6-14(19)16(12)21-15/h4-6,11,13,20H,7-10H2,1-3H3. The summed E-state index contributed by atoms with van der Waals surface area (Å²) in [5.74, 6) is 1.32. The van der Waals surface area contributed by atoms with Crippen molar-refractivity contribution in [2.75, 3.05) is 0 Å². The number of hydrogen-bond acceptors (Lipinski definition) is 2. The van der Waals surface area contributed by atoms with E-state index in [-0.39, 0.29) is 0 Å². The molecule has 21 heavy (non-hydrogen) atoms. The van der Waals surface area contributed by atoms with Gasteiger partial charge in [-0.1, -0.05) is 44.5 Å². The Labute approximate surface area is 131 Å². The first-order chi connectivity index (χ1) is 9.79. The van der Waals surface area contributed by atoms with Crippen molar-refractivity contribution in [3.05, 3.63) is 35.0 Å². The zero-order chi connectivity index (χ0) is 15.3. The normalized spacial score (nSPS) is 27.2. The Morgan fingerprint density at radius 2 is 1.90 bits per heavy atom. The Bertz CT molecular complexity index is 643. The number of aliphatic hydroxyl groups is 1. The summed E-state index contributed by atoms with van der Waals surface area (Å²) in [6.45, 7) is 6.84. The van der Waals surface area contributed by atoms with E-state index < -0.39 is 5.60 Å². The monoisotopic (exact) mass is 306 g/mol. The fraction of sp³-hybridized carbons (Fsp3) is 0.556. The Balaban J connectivity index is 1.87. The molecule has 0 radical (unpaired) electrons. The van der Waals surface area contributed by atoms with Gasteiger partial charge < -0.3 is 9.52 Å². The van der Waals surface area contributed by atoms with Crippen LogP contribution in [0.25, 0.3) is 11.0 Å². The highest BCUT2D eigenvalue weighted by Crippen LogP contribution is 2.46. The summed E-state index contributed by atoms with van der Waals surface area (Å²) in [4.78, 5) is 0. The molecular weight excluding hydrogens is 284 g/mol. The zero-order valence-corrected chi connectivity index (χ0v) is 13.7. The number of halogens is 1. The van der Waals surface area contributed by atoms with Gasteiger partial charge in [0.15, 0.2) is 5.58 Å². The highest BCUT2D eigenvalue weighted by Gasteiger charge is 2.40. The van der Waals surface area contributed by atoms with Crippen LogP contribution in [0.2, 0.25) is 5.02 Å². The molecule has 0 amide bonds. The molecule has 0 aliphatic heterocycles. The lowest BCUT2D eigenvalue weighted by Gasteiger charge is -2.40. The first-order valence-electron chi connectivity index (χ1n) is 7.70. The molecule has 1 heterocycles. The van der Waals surface area contributed by atoms with Gasteiger partial charge in [-0.2, -0.15) is 0 Å². The van der Waals surface area contributed by atoms with Crippen LogP contribution in [0.15, 0.2) is 28.7 Å². The van der Waals surface area contributed by atoms with Crippen molar-refractivity contribution in [2.24, 2.45) is 11.3 Å². The SMILES string of the molecule is CC(C)(C)C1CCC(O)(c2cc3cccc(Cl)c3o2)CC1. The molecule has 2 aromatic rings. The summed E-state index contributed by atoms with van der Waals surface area (Å²) in [5.41, 5.74) is 0.142. The van der Waals surface area contributed by atoms with Crippen molar-refractivity contribution in [3.63, 3.8) is 0 Å². The van der Waals surface area contributed by atoms with Crippen LogP contribution in [-0.2, 0) is 5.60 Å². The van der Waals surface area contributed by atoms with Gasteiger partial charge in [0, 0.05) is 5.39 Å². The van der Waals surface area contributed by atoms with Crippen molar-refractivity contribution in [1.82, 2.24) is 0 Å². The molecule has 3 heteroatoms. The first kappa shape index (κ1) is 14.9. The van der Waals surface area contributed by atoms with Gasteiger partial charge in [0.25, 0.3) is 0 Å². The quantitative estimate of drug-likeness (QED) is 0.753. The average Bonchev–Trinajstić information content (AvgIpc) is 2.84. The number of rotatable bonds is 1. The lowest BCUT2D eigenvalue weighted by atomic mass is 9.68. The lowest BCUT2D eigenvalue weighted by Crippen LogP contribution is -2.35. The van der Waals surface area contributed by atoms with Gasteiger partial charge in [0.05, 0.1) is 5.02 Å². The van der Waals surface area contributed by atoms with Gasteiger partial charge >= 0.3 is 0 Å². The van der Waals surface area contributed by atoms with Crippen LogP contribution in [0.4, 0.5) is 0 Å². The minimum absolute atomic E-state index is 0.304. The summed E-state index contributed by atoms with van der Waals surface area (Å²) in [6.07, 6.45) is 3.58. The molecule has 0 saturated heterocycles. The fourth-order valence-corrected chi connectivity index (χ4v) is 3.69. The molecule has 114 valence electrons. The highest BCUT2D eigenvalue weighted by molar-refractivity contribution is 6.34. The Kier molecular flexibility index (Phi) is 3.58. The molecule has 1 fully saturated rings. The fourth-order valence-electron chi connectivity index (χ4n) is 3.46. The molecule has 1 saturated carbocycles. The van der Waals surface area contributed by atoms with Crippen molar-refractivity contribution < 1.29 is 9.52 Å². The molecular formula is C18H23ClO2. The number of furan rings is 1. The van der Waals surface area contributed by atoms with Gasteiger partial charge in [-0.15, -0.1) is 0 Å². The minimum Gasteiger partial charge on any atom is -0.456 e. The Morgan fingerprint density at radius 3 is 2.48 bits per heavy atom. The molecule has 0 bridgehead atoms. The maximum Gasteiger partial charge on any atom is 0.153 e. The highest BCUT2D eigenvalue weighted by atomic mass is 35.5. The lowest BCUT2D eigenvalue weighted by molar-refractivity contribution is -0.0444. The van der Waals surface area contributed by atoms with E-state index in [0.29, 0.717) is 27.7 Å². The molecule has 1 aliphatic rings. The van der Waals surface area contributed by atoms with Crippen molar-refractivity contribution in [1.29, 1.82) is 0 Å². The second-order valence-electron chi connectivity index (χ2n) is 7.44. The van der Waals surface area contributed by atoms with E-state index in [1.54, 1.807) is 0 Å². The van der Waals surface area contributed by atoms with Crippen LogP contribution in [0, 0.1) is 11.3 Å². The molecule has 2 nitrogen and oxygen atoms in total. The first-order valence-corrected chi connectivity index (χ1v) is 8.08. The van der Waals surface area contributed by atoms with Crippen LogP contribution < -0.4 is 0 Å². The maximum atomic E-state index is 11.0. The van der Waals surface area contributed by atoms with Crippen molar-refractivity contribution >= 4 is 22.6 Å². The van der Waals surface area contributed by atoms with E-state index in [2.05, 4.69) is 20.8 Å². The van der Waals surface area contributed by atoms with Crippen molar-refractivity contribution in [3.8, 4) is 0 Å². The second-order valence-corrected chi connectivity index (χ2v) is 7.85. The van der Waals surface area contributed by atoms with E-state index in [4.69, 9.17) is 16.0 Å². The van der Waals surface area contributed by atoms with E-state index in [9.17, 15) is 5.11 Å². The van der Waals surface area contributed by atoms with Crippen LogP contribution in [-0.4, -0.2) is 5.11 Å². The summed E-state index contributed by atoms with van der Waals surface area (Å²) in [6, 6.07) is 7.64. The Morgan fingerprint density at radius 1 is 1.24 bits per heavy atom. The van der Waals surface area contributed by atoms with Crippen LogP contribution in [0.5, 0.6) is 0 Å². The van der Waals surface area contributed by atoms with Gasteiger partial charge in [-0.25, -0.2) is 0 Å². The third-order valence-corrected chi connectivity index (χ3v) is 5.29. The number of hydrogen-bond donors (Lipinski definition) is 1. The second kappa shape index (κ2) is 5.03. The van der Waals surface area contributed by atoms with Crippen LogP contribution in [0.1, 0.15) is 52.2 Å². The smallest absolute Gasteiger partial charge is 0.153 e. The molecule has 0 spiro atoms. The molecule has 1 aromatic heterocycles. The van der Waals surface area contributed by atoms with Gasteiger partial charge in [-0.3, -0.25) is 0 Å². The molecule has 1 aliphatic carbocycles. The predicted octanol–water partition coefficient (Wildman–Crippen LogP) is 5.51. The van der Waals surface area contributed by atoms with E-state index in [1.807, 2.05) is 24.3 Å². The number of para-hydroxylation sites is 1. The van der Waals surface area contributed by atoms with Crippen LogP contribution >= 0.6 is 11.6 Å². The molecule has 1 N–H and O–H groups in total. The molecule has 3 rings (SSSR count). The van der Waals surface area contributed by atoms with Crippen molar-refractivity contribution in [2.45, 2.75) is 52.1 Å². The summed E-state index contributed by atoms with van der Waals surface area (Å²) < 4.78 is 5.88. The van der Waals surface area contributed by atoms with E-state index >= 15 is 0 Å². The molecule has 0 atom stereocenters. The van der Waals surface area contributed by atoms with E-state index in [1.165, 1.54) is 0 Å². The van der Waals surface area contributed by atoms with Gasteiger partial charge in [0.1, 0.15) is 11.4 Å². The summed E-state index contributed by atoms with van der Waals surface area (Å²) in [5, 5.41) is 12.5. The van der Waals surface area contributed by atoms with E-state index in [0.717, 1.165) is 31.1 Å². The number of benzene rings is 1. The topological polar surface area (TPSA) is 33.4 Å². The molecule has 0 unspecified atom stereocenters. The van der Waals surface area contributed by atoms with Gasteiger partial charge in [-0.05, 0) is 49.1 Å². The van der Waals surface area contributed by atoms with Crippen LogP contribution in [0.3, 0.4) is 0 Å². The molecule has 1 aromatic carbocycles. The average molecular weight is 307 g/mol. The minimum atomic E-state index is -0.843. The maximum absolute atomic E-state index is 11.0. The predicted molar refractivity (Wildman–Crippen MR) is 86.5 cm³/mol.